The zero-order valence-corrected chi connectivity index (χ0v) is 21.5. The Labute approximate surface area is 199 Å². The molecule has 0 saturated heterocycles. The van der Waals surface area contributed by atoms with E-state index in [-0.39, 0.29) is 0 Å². The summed E-state index contributed by atoms with van der Waals surface area (Å²) in [6, 6.07) is 0. The third-order valence-corrected chi connectivity index (χ3v) is 8.75. The van der Waals surface area contributed by atoms with Crippen LogP contribution in [-0.2, 0) is 12.8 Å². The normalized spacial score (nSPS) is 26.3. The summed E-state index contributed by atoms with van der Waals surface area (Å²) in [5, 5.41) is 0. The second-order valence-corrected chi connectivity index (χ2v) is 11.3. The van der Waals surface area contributed by atoms with Crippen LogP contribution in [0.2, 0.25) is 0 Å². The van der Waals surface area contributed by atoms with Crippen molar-refractivity contribution in [3.05, 3.63) is 23.8 Å². The molecule has 182 valence electrons. The molecule has 0 bridgehead atoms. The Hall–Kier alpha value is -0.920. The van der Waals surface area contributed by atoms with Gasteiger partial charge in [0, 0.05) is 18.8 Å². The molecule has 32 heavy (non-hydrogen) atoms. The molecule has 2 aliphatic rings. The molecular formula is C30H52N2. The second kappa shape index (κ2) is 15.1. The minimum absolute atomic E-state index is 0.915. The minimum atomic E-state index is 0.915. The molecule has 2 aliphatic carbocycles. The van der Waals surface area contributed by atoms with E-state index in [1.165, 1.54) is 121 Å². The number of aromatic nitrogens is 2. The van der Waals surface area contributed by atoms with Crippen molar-refractivity contribution in [3.63, 3.8) is 0 Å². The first-order valence-corrected chi connectivity index (χ1v) is 14.6. The van der Waals surface area contributed by atoms with E-state index < -0.39 is 0 Å². The third kappa shape index (κ3) is 9.14. The van der Waals surface area contributed by atoms with Crippen LogP contribution in [-0.4, -0.2) is 9.97 Å². The average molecular weight is 441 g/mol. The summed E-state index contributed by atoms with van der Waals surface area (Å²) in [5.74, 6) is 5.13. The molecule has 0 unspecified atom stereocenters. The Morgan fingerprint density at radius 2 is 1.12 bits per heavy atom. The van der Waals surface area contributed by atoms with Crippen LogP contribution >= 0.6 is 0 Å². The lowest BCUT2D eigenvalue weighted by Gasteiger charge is -2.38. The molecule has 0 aliphatic heterocycles. The molecule has 2 saturated carbocycles. The van der Waals surface area contributed by atoms with E-state index in [2.05, 4.69) is 26.2 Å². The fourth-order valence-electron chi connectivity index (χ4n) is 6.56. The quantitative estimate of drug-likeness (QED) is 0.269. The molecule has 1 aromatic heterocycles. The molecule has 0 atom stereocenters. The lowest BCUT2D eigenvalue weighted by molar-refractivity contribution is 0.141. The number of hydrogen-bond donors (Lipinski definition) is 0. The van der Waals surface area contributed by atoms with Crippen LogP contribution in [0.15, 0.2) is 12.4 Å². The predicted octanol–water partition coefficient (Wildman–Crippen LogP) is 9.12. The Morgan fingerprint density at radius 3 is 1.69 bits per heavy atom. The van der Waals surface area contributed by atoms with Gasteiger partial charge in [-0.2, -0.15) is 0 Å². The van der Waals surface area contributed by atoms with Gasteiger partial charge in [0.15, 0.2) is 0 Å². The van der Waals surface area contributed by atoms with Crippen molar-refractivity contribution in [1.29, 1.82) is 0 Å². The molecule has 0 aromatic carbocycles. The minimum Gasteiger partial charge on any atom is -0.241 e. The fourth-order valence-corrected chi connectivity index (χ4v) is 6.56. The standard InChI is InChI=1S/C30H52N2/c1-3-5-6-7-8-9-10-12-27-23-31-30(32-24-27)22-17-26-15-20-29(21-16-26)28-18-13-25(11-4-2)14-19-28/h23-26,28-29H,3-22H2,1-2H3. The van der Waals surface area contributed by atoms with Gasteiger partial charge in [0.1, 0.15) is 5.82 Å². The number of hydrogen-bond acceptors (Lipinski definition) is 2. The zero-order chi connectivity index (χ0) is 22.4. The van der Waals surface area contributed by atoms with Gasteiger partial charge in [-0.15, -0.1) is 0 Å². The second-order valence-electron chi connectivity index (χ2n) is 11.3. The van der Waals surface area contributed by atoms with Crippen LogP contribution in [0.4, 0.5) is 0 Å². The number of rotatable bonds is 14. The highest BCUT2D eigenvalue weighted by Crippen LogP contribution is 2.42. The third-order valence-electron chi connectivity index (χ3n) is 8.75. The van der Waals surface area contributed by atoms with Crippen molar-refractivity contribution < 1.29 is 0 Å². The van der Waals surface area contributed by atoms with E-state index in [0.29, 0.717) is 0 Å². The summed E-state index contributed by atoms with van der Waals surface area (Å²) in [6.07, 6.45) is 32.2. The SMILES string of the molecule is CCCCCCCCCc1cnc(CCC2CCC(C3CCC(CCC)CC3)CC2)nc1. The summed E-state index contributed by atoms with van der Waals surface area (Å²) in [4.78, 5) is 9.40. The van der Waals surface area contributed by atoms with Gasteiger partial charge >= 0.3 is 0 Å². The molecule has 1 heterocycles. The highest BCUT2D eigenvalue weighted by atomic mass is 14.9. The summed E-state index contributed by atoms with van der Waals surface area (Å²) in [7, 11) is 0. The molecule has 0 N–H and O–H groups in total. The molecule has 0 radical (unpaired) electrons. The van der Waals surface area contributed by atoms with Crippen molar-refractivity contribution >= 4 is 0 Å². The Bertz CT molecular complexity index is 579. The fraction of sp³-hybridized carbons (Fsp3) is 0.867. The lowest BCUT2D eigenvalue weighted by atomic mass is 9.68. The van der Waals surface area contributed by atoms with Crippen LogP contribution < -0.4 is 0 Å². The van der Waals surface area contributed by atoms with E-state index in [9.17, 15) is 0 Å². The number of aryl methyl sites for hydroxylation is 2. The van der Waals surface area contributed by atoms with E-state index in [1.807, 2.05) is 0 Å². The summed E-state index contributed by atoms with van der Waals surface area (Å²) < 4.78 is 0. The molecule has 0 spiro atoms. The Morgan fingerprint density at radius 1 is 0.594 bits per heavy atom. The van der Waals surface area contributed by atoms with Crippen LogP contribution in [0.5, 0.6) is 0 Å². The van der Waals surface area contributed by atoms with E-state index >= 15 is 0 Å². The Balaban J connectivity index is 1.26. The van der Waals surface area contributed by atoms with Crippen molar-refractivity contribution in [2.75, 3.05) is 0 Å². The molecule has 0 amide bonds. The largest absolute Gasteiger partial charge is 0.241 e. The monoisotopic (exact) mass is 440 g/mol. The maximum Gasteiger partial charge on any atom is 0.128 e. The van der Waals surface area contributed by atoms with Gasteiger partial charge in [-0.3, -0.25) is 0 Å². The first-order valence-electron chi connectivity index (χ1n) is 14.6. The molecule has 2 heteroatoms. The van der Waals surface area contributed by atoms with Crippen molar-refractivity contribution in [2.45, 2.75) is 142 Å². The summed E-state index contributed by atoms with van der Waals surface area (Å²) in [5.41, 5.74) is 1.33. The molecule has 2 fully saturated rings. The van der Waals surface area contributed by atoms with E-state index in [4.69, 9.17) is 9.97 Å². The van der Waals surface area contributed by atoms with Gasteiger partial charge in [0.05, 0.1) is 0 Å². The maximum atomic E-state index is 4.70. The Kier molecular flexibility index (Phi) is 12.1. The van der Waals surface area contributed by atoms with E-state index in [1.54, 1.807) is 0 Å². The number of unbranched alkanes of at least 4 members (excludes halogenated alkanes) is 6. The molecule has 1 aromatic rings. The van der Waals surface area contributed by atoms with Crippen LogP contribution in [0.25, 0.3) is 0 Å². The lowest BCUT2D eigenvalue weighted by Crippen LogP contribution is -2.26. The maximum absolute atomic E-state index is 4.70. The van der Waals surface area contributed by atoms with Gasteiger partial charge in [-0.1, -0.05) is 90.9 Å². The summed E-state index contributed by atoms with van der Waals surface area (Å²) in [6.45, 7) is 4.64. The predicted molar refractivity (Wildman–Crippen MR) is 138 cm³/mol. The smallest absolute Gasteiger partial charge is 0.128 e. The molecule has 3 rings (SSSR count). The molecule has 2 nitrogen and oxygen atoms in total. The van der Waals surface area contributed by atoms with E-state index in [0.717, 1.165) is 42.3 Å². The van der Waals surface area contributed by atoms with Gasteiger partial charge < -0.3 is 0 Å². The van der Waals surface area contributed by atoms with Crippen LogP contribution in [0.3, 0.4) is 0 Å². The average Bonchev–Trinajstić information content (AvgIpc) is 2.84. The first-order chi connectivity index (χ1) is 15.8. The van der Waals surface area contributed by atoms with Crippen LogP contribution in [0.1, 0.15) is 141 Å². The molecular weight excluding hydrogens is 388 g/mol. The van der Waals surface area contributed by atoms with Gasteiger partial charge in [0.25, 0.3) is 0 Å². The highest BCUT2D eigenvalue weighted by molar-refractivity contribution is 5.05. The summed E-state index contributed by atoms with van der Waals surface area (Å²) >= 11 is 0. The van der Waals surface area contributed by atoms with Crippen molar-refractivity contribution in [1.82, 2.24) is 9.97 Å². The van der Waals surface area contributed by atoms with Gasteiger partial charge in [-0.25, -0.2) is 9.97 Å². The first kappa shape index (κ1) is 25.7. The highest BCUT2D eigenvalue weighted by Gasteiger charge is 2.30. The van der Waals surface area contributed by atoms with Gasteiger partial charge in [-0.05, 0) is 74.2 Å². The van der Waals surface area contributed by atoms with Crippen molar-refractivity contribution in [3.8, 4) is 0 Å². The zero-order valence-electron chi connectivity index (χ0n) is 21.5. The van der Waals surface area contributed by atoms with Crippen LogP contribution in [0, 0.1) is 23.7 Å². The van der Waals surface area contributed by atoms with Gasteiger partial charge in [0.2, 0.25) is 0 Å². The number of nitrogens with zero attached hydrogens (tertiary/aromatic N) is 2. The topological polar surface area (TPSA) is 25.8 Å². The van der Waals surface area contributed by atoms with Crippen molar-refractivity contribution in [2.24, 2.45) is 23.7 Å².